The molecule has 1 amide bonds. The largest absolute Gasteiger partial charge is 0.501 e. The molecule has 8 nitrogen and oxygen atoms in total. The van der Waals surface area contributed by atoms with Gasteiger partial charge in [0.15, 0.2) is 0 Å². The smallest absolute Gasteiger partial charge is 0.252 e. The van der Waals surface area contributed by atoms with Crippen LogP contribution in [0.3, 0.4) is 0 Å². The Bertz CT molecular complexity index is 743. The Labute approximate surface area is 153 Å². The van der Waals surface area contributed by atoms with Crippen LogP contribution >= 0.6 is 0 Å². The lowest BCUT2D eigenvalue weighted by Crippen LogP contribution is -2.37. The predicted molar refractivity (Wildman–Crippen MR) is 98.9 cm³/mol. The van der Waals surface area contributed by atoms with Gasteiger partial charge in [-0.2, -0.15) is 0 Å². The number of nitrogens with one attached hydrogen (secondary N) is 1. The molecule has 1 atom stereocenters. The summed E-state index contributed by atoms with van der Waals surface area (Å²) < 4.78 is 5.29. The highest BCUT2D eigenvalue weighted by atomic mass is 16.5. The molecule has 0 saturated carbocycles. The van der Waals surface area contributed by atoms with Crippen LogP contribution in [0.25, 0.3) is 0 Å². The first-order valence-electron chi connectivity index (χ1n) is 9.02. The number of carbonyl (C=O) groups excluding carboxylic acids is 1. The third-order valence-corrected chi connectivity index (χ3v) is 4.90. The Balaban J connectivity index is 1.61. The van der Waals surface area contributed by atoms with E-state index in [-0.39, 0.29) is 17.5 Å². The molecule has 1 N–H and O–H groups in total. The number of hydrogen-bond donors (Lipinski definition) is 1. The number of hydrogen-bond acceptors (Lipinski definition) is 6. The van der Waals surface area contributed by atoms with Crippen molar-refractivity contribution in [3.05, 3.63) is 33.9 Å². The molecule has 0 aromatic carbocycles. The summed E-state index contributed by atoms with van der Waals surface area (Å²) in [6.07, 6.45) is 4.23. The van der Waals surface area contributed by atoms with Crippen LogP contribution in [0.1, 0.15) is 25.0 Å². The van der Waals surface area contributed by atoms with Crippen LogP contribution in [0.4, 0.5) is 5.95 Å². The van der Waals surface area contributed by atoms with Crippen LogP contribution in [-0.2, 0) is 16.1 Å². The molecule has 2 aliphatic rings. The molecule has 0 aliphatic carbocycles. The quantitative estimate of drug-likeness (QED) is 0.825. The standard InChI is InChI=1S/C18H27N5O3/c1-21(2)18-19-14(9-16(24)20-18)10-22(3)15-6-7-23(11-15)17(25)13-5-4-8-26-12-13/h9,12,15H,4-8,10-11H2,1-3H3,(H,19,20,24)/t15-/m1/s1. The van der Waals surface area contributed by atoms with E-state index in [0.29, 0.717) is 25.6 Å². The van der Waals surface area contributed by atoms with Gasteiger partial charge in [0.25, 0.3) is 11.5 Å². The van der Waals surface area contributed by atoms with Gasteiger partial charge in [-0.3, -0.25) is 19.5 Å². The first-order valence-corrected chi connectivity index (χ1v) is 9.02. The molecule has 1 saturated heterocycles. The first kappa shape index (κ1) is 18.4. The van der Waals surface area contributed by atoms with Gasteiger partial charge in [-0.1, -0.05) is 0 Å². The summed E-state index contributed by atoms with van der Waals surface area (Å²) in [5, 5.41) is 0. The maximum absolute atomic E-state index is 12.6. The van der Waals surface area contributed by atoms with E-state index in [2.05, 4.69) is 14.9 Å². The molecule has 142 valence electrons. The Morgan fingerprint density at radius 2 is 2.23 bits per heavy atom. The van der Waals surface area contributed by atoms with Gasteiger partial charge in [0.2, 0.25) is 5.95 Å². The van der Waals surface area contributed by atoms with Crippen molar-refractivity contribution in [1.82, 2.24) is 19.8 Å². The highest BCUT2D eigenvalue weighted by molar-refractivity contribution is 5.93. The van der Waals surface area contributed by atoms with Gasteiger partial charge in [-0.05, 0) is 26.3 Å². The van der Waals surface area contributed by atoms with E-state index in [4.69, 9.17) is 4.74 Å². The van der Waals surface area contributed by atoms with Crippen molar-refractivity contribution in [2.45, 2.75) is 31.8 Å². The molecule has 3 heterocycles. The minimum absolute atomic E-state index is 0.0878. The Morgan fingerprint density at radius 3 is 2.92 bits per heavy atom. The lowest BCUT2D eigenvalue weighted by Gasteiger charge is -2.25. The zero-order valence-corrected chi connectivity index (χ0v) is 15.7. The number of amides is 1. The average molecular weight is 361 g/mol. The number of likely N-dealkylation sites (tertiary alicyclic amines) is 1. The highest BCUT2D eigenvalue weighted by Crippen LogP contribution is 2.21. The summed E-state index contributed by atoms with van der Waals surface area (Å²) in [4.78, 5) is 37.5. The lowest BCUT2D eigenvalue weighted by molar-refractivity contribution is -0.126. The van der Waals surface area contributed by atoms with Crippen molar-refractivity contribution in [1.29, 1.82) is 0 Å². The fraction of sp³-hybridized carbons (Fsp3) is 0.611. The fourth-order valence-electron chi connectivity index (χ4n) is 3.38. The zero-order valence-electron chi connectivity index (χ0n) is 15.7. The Kier molecular flexibility index (Phi) is 5.61. The summed E-state index contributed by atoms with van der Waals surface area (Å²) in [6, 6.07) is 1.79. The van der Waals surface area contributed by atoms with Gasteiger partial charge in [0.1, 0.15) is 0 Å². The van der Waals surface area contributed by atoms with E-state index in [0.717, 1.165) is 37.1 Å². The molecule has 0 radical (unpaired) electrons. The molecule has 0 bridgehead atoms. The summed E-state index contributed by atoms with van der Waals surface area (Å²) >= 11 is 0. The fourth-order valence-corrected chi connectivity index (χ4v) is 3.38. The second kappa shape index (κ2) is 7.90. The van der Waals surface area contributed by atoms with Crippen LogP contribution in [0.5, 0.6) is 0 Å². The molecular formula is C18H27N5O3. The SMILES string of the molecule is CN(C)c1nc(CN(C)[C@@H]2CCN(C(=O)C3=COCCC3)C2)cc(=O)[nH]1. The molecule has 26 heavy (non-hydrogen) atoms. The number of H-pyrrole nitrogens is 1. The van der Waals surface area contributed by atoms with Crippen LogP contribution in [0, 0.1) is 0 Å². The van der Waals surface area contributed by atoms with Gasteiger partial charge < -0.3 is 14.5 Å². The van der Waals surface area contributed by atoms with Crippen molar-refractivity contribution < 1.29 is 9.53 Å². The predicted octanol–water partition coefficient (Wildman–Crippen LogP) is 0.563. The van der Waals surface area contributed by atoms with Crippen molar-refractivity contribution in [3.63, 3.8) is 0 Å². The van der Waals surface area contributed by atoms with Crippen molar-refractivity contribution >= 4 is 11.9 Å². The highest BCUT2D eigenvalue weighted by Gasteiger charge is 2.31. The van der Waals surface area contributed by atoms with E-state index in [1.165, 1.54) is 6.07 Å². The summed E-state index contributed by atoms with van der Waals surface area (Å²) in [6.45, 7) is 2.71. The number of aromatic nitrogens is 2. The number of likely N-dealkylation sites (N-methyl/N-ethyl adjacent to an activating group) is 1. The number of ether oxygens (including phenoxy) is 1. The third-order valence-electron chi connectivity index (χ3n) is 4.90. The minimum Gasteiger partial charge on any atom is -0.501 e. The molecule has 3 rings (SSSR count). The lowest BCUT2D eigenvalue weighted by atomic mass is 10.1. The minimum atomic E-state index is -0.153. The van der Waals surface area contributed by atoms with E-state index >= 15 is 0 Å². The summed E-state index contributed by atoms with van der Waals surface area (Å²) in [5.41, 5.74) is 1.35. The molecule has 1 fully saturated rings. The Morgan fingerprint density at radius 1 is 1.42 bits per heavy atom. The zero-order chi connectivity index (χ0) is 18.7. The van der Waals surface area contributed by atoms with Crippen LogP contribution < -0.4 is 10.5 Å². The number of aromatic amines is 1. The normalized spacial score (nSPS) is 20.1. The summed E-state index contributed by atoms with van der Waals surface area (Å²) in [7, 11) is 5.70. The van der Waals surface area contributed by atoms with Crippen LogP contribution in [0.15, 0.2) is 22.7 Å². The van der Waals surface area contributed by atoms with Crippen molar-refractivity contribution in [3.8, 4) is 0 Å². The third kappa shape index (κ3) is 4.24. The van der Waals surface area contributed by atoms with Crippen LogP contribution in [-0.4, -0.2) is 72.6 Å². The van der Waals surface area contributed by atoms with Gasteiger partial charge in [0, 0.05) is 45.8 Å². The Hall–Kier alpha value is -2.35. The van der Waals surface area contributed by atoms with E-state index in [9.17, 15) is 9.59 Å². The van der Waals surface area contributed by atoms with Gasteiger partial charge in [-0.15, -0.1) is 0 Å². The molecular weight excluding hydrogens is 334 g/mol. The number of carbonyl (C=O) groups is 1. The van der Waals surface area contributed by atoms with Gasteiger partial charge in [0.05, 0.1) is 24.1 Å². The molecule has 8 heteroatoms. The molecule has 0 unspecified atom stereocenters. The molecule has 1 aromatic rings. The van der Waals surface area contributed by atoms with Crippen molar-refractivity contribution in [2.24, 2.45) is 0 Å². The average Bonchev–Trinajstić information content (AvgIpc) is 3.11. The number of nitrogens with zero attached hydrogens (tertiary/aromatic N) is 4. The molecule has 2 aliphatic heterocycles. The molecule has 0 spiro atoms. The maximum Gasteiger partial charge on any atom is 0.252 e. The van der Waals surface area contributed by atoms with E-state index < -0.39 is 0 Å². The second-order valence-corrected chi connectivity index (χ2v) is 7.18. The number of rotatable bonds is 5. The second-order valence-electron chi connectivity index (χ2n) is 7.18. The van der Waals surface area contributed by atoms with E-state index in [1.807, 2.05) is 26.0 Å². The number of anilines is 1. The maximum atomic E-state index is 12.6. The molecule has 1 aromatic heterocycles. The first-order chi connectivity index (χ1) is 12.4. The van der Waals surface area contributed by atoms with Gasteiger partial charge in [-0.25, -0.2) is 4.98 Å². The topological polar surface area (TPSA) is 81.8 Å². The van der Waals surface area contributed by atoms with E-state index in [1.54, 1.807) is 11.2 Å². The van der Waals surface area contributed by atoms with Crippen molar-refractivity contribution in [2.75, 3.05) is 45.7 Å². The van der Waals surface area contributed by atoms with Gasteiger partial charge >= 0.3 is 0 Å². The summed E-state index contributed by atoms with van der Waals surface area (Å²) in [5.74, 6) is 0.637. The van der Waals surface area contributed by atoms with Crippen LogP contribution in [0.2, 0.25) is 0 Å². The monoisotopic (exact) mass is 361 g/mol.